The van der Waals surface area contributed by atoms with Crippen molar-refractivity contribution in [2.24, 2.45) is 5.92 Å². The van der Waals surface area contributed by atoms with Gasteiger partial charge in [-0.25, -0.2) is 9.65 Å². The second-order valence-electron chi connectivity index (χ2n) is 17.1. The van der Waals surface area contributed by atoms with Crippen LogP contribution in [0.4, 0.5) is 5.95 Å². The lowest BCUT2D eigenvalue weighted by atomic mass is 9.80. The Bertz CT molecular complexity index is 2320. The van der Waals surface area contributed by atoms with E-state index in [0.717, 1.165) is 48.8 Å². The Morgan fingerprint density at radius 1 is 0.887 bits per heavy atom. The Kier molecular flexibility index (Phi) is 14.0. The first kappa shape index (κ1) is 45.2. The lowest BCUT2D eigenvalue weighted by Gasteiger charge is -2.44. The van der Waals surface area contributed by atoms with Gasteiger partial charge in [0.15, 0.2) is 11.2 Å². The SMILES string of the molecule is COc1ccc(C(OC[C@H]2O[C@@H](n3cnc4c(=O)[nH]c(NC(=O)C(C)C)nc43)C[C@@H]2OP(=O)(C2CCCCC2)N(C(C)C)C(C)C)(c2ccccc2)c2ccc(OC)cc2)cc1. The molecule has 1 aliphatic carbocycles. The molecule has 2 N–H and O–H groups in total. The summed E-state index contributed by atoms with van der Waals surface area (Å²) in [5.41, 5.74) is 1.08. The van der Waals surface area contributed by atoms with Crippen LogP contribution in [0, 0.1) is 5.92 Å². The highest BCUT2D eigenvalue weighted by atomic mass is 31.2. The van der Waals surface area contributed by atoms with Gasteiger partial charge in [-0.15, -0.1) is 0 Å². The number of benzene rings is 3. The second-order valence-corrected chi connectivity index (χ2v) is 19.7. The predicted octanol–water partition coefficient (Wildman–Crippen LogP) is 9.06. The molecular weight excluding hydrogens is 808 g/mol. The number of nitrogens with one attached hydrogen (secondary N) is 2. The number of anilines is 1. The van der Waals surface area contributed by atoms with Crippen molar-refractivity contribution in [1.82, 2.24) is 24.2 Å². The van der Waals surface area contributed by atoms with Gasteiger partial charge in [0.1, 0.15) is 29.4 Å². The maximum absolute atomic E-state index is 16.0. The summed E-state index contributed by atoms with van der Waals surface area (Å²) in [5.74, 6) is 0.770. The molecule has 332 valence electrons. The number of aromatic nitrogens is 4. The van der Waals surface area contributed by atoms with Gasteiger partial charge in [0, 0.05) is 24.4 Å². The van der Waals surface area contributed by atoms with Gasteiger partial charge in [0.05, 0.1) is 38.9 Å². The number of nitrogens with zero attached hydrogens (tertiary/aromatic N) is 4. The van der Waals surface area contributed by atoms with Crippen molar-refractivity contribution >= 4 is 30.5 Å². The highest BCUT2D eigenvalue weighted by Crippen LogP contribution is 2.63. The monoisotopic (exact) mass is 868 g/mol. The summed E-state index contributed by atoms with van der Waals surface area (Å²) in [7, 11) is -0.255. The number of methoxy groups -OCH3 is 2. The number of amides is 1. The molecule has 0 radical (unpaired) electrons. The molecular formula is C47H61N6O8P. The normalized spacial score (nSPS) is 19.7. The van der Waals surface area contributed by atoms with Gasteiger partial charge >= 0.3 is 0 Å². The van der Waals surface area contributed by atoms with Gasteiger partial charge in [-0.1, -0.05) is 87.7 Å². The molecule has 1 amide bonds. The highest BCUT2D eigenvalue weighted by Gasteiger charge is 2.50. The van der Waals surface area contributed by atoms with Crippen LogP contribution < -0.4 is 20.3 Å². The smallest absolute Gasteiger partial charge is 0.280 e. The van der Waals surface area contributed by atoms with Gasteiger partial charge in [-0.2, -0.15) is 4.98 Å². The van der Waals surface area contributed by atoms with Crippen molar-refractivity contribution in [3.05, 3.63) is 112 Å². The zero-order valence-electron chi connectivity index (χ0n) is 37.1. The molecule has 3 heterocycles. The van der Waals surface area contributed by atoms with Gasteiger partial charge < -0.3 is 23.5 Å². The largest absolute Gasteiger partial charge is 0.497 e. The van der Waals surface area contributed by atoms with Crippen LogP contribution in [0.5, 0.6) is 11.5 Å². The van der Waals surface area contributed by atoms with Crippen LogP contribution in [0.25, 0.3) is 11.2 Å². The summed E-state index contributed by atoms with van der Waals surface area (Å²) in [5, 5.41) is 2.71. The van der Waals surface area contributed by atoms with Crippen molar-refractivity contribution in [1.29, 1.82) is 0 Å². The van der Waals surface area contributed by atoms with Crippen molar-refractivity contribution < 1.29 is 32.8 Å². The fourth-order valence-electron chi connectivity index (χ4n) is 9.04. The van der Waals surface area contributed by atoms with E-state index in [1.54, 1.807) is 32.6 Å². The van der Waals surface area contributed by atoms with Crippen molar-refractivity contribution in [2.45, 2.75) is 122 Å². The van der Waals surface area contributed by atoms with E-state index in [4.69, 9.17) is 23.5 Å². The van der Waals surface area contributed by atoms with Gasteiger partial charge in [-0.05, 0) is 81.5 Å². The first-order valence-electron chi connectivity index (χ1n) is 21.8. The summed E-state index contributed by atoms with van der Waals surface area (Å²) >= 11 is 0. The lowest BCUT2D eigenvalue weighted by molar-refractivity contribution is -0.118. The van der Waals surface area contributed by atoms with Crippen LogP contribution in [-0.2, 0) is 29.0 Å². The maximum Gasteiger partial charge on any atom is 0.280 e. The average Bonchev–Trinajstić information content (AvgIpc) is 3.88. The van der Waals surface area contributed by atoms with E-state index in [9.17, 15) is 9.59 Å². The fourth-order valence-corrected chi connectivity index (χ4v) is 12.6. The standard InChI is InChI=1S/C47H61N6O8P/c1-30(2)44(54)50-46-49-43-42(45(55)51-46)48-29-52(43)41-27-39(61-62(56,38-17-13-10-14-18-38)53(31(3)4)32(5)6)40(60-41)28-59-47(33-15-11-9-12-16-33,34-19-23-36(57-7)24-20-34)35-21-25-37(58-8)26-22-35/h9,11-12,15-16,19-26,29-32,38-41H,10,13-14,17-18,27-28H2,1-8H3,(H2,49,50,51,54,55)/t39-,40+,41+,62?/m0/s1. The molecule has 1 saturated heterocycles. The molecule has 2 aliphatic rings. The number of aromatic amines is 1. The van der Waals surface area contributed by atoms with E-state index in [2.05, 4.69) is 52.6 Å². The Labute approximate surface area is 364 Å². The Hall–Kier alpha value is -4.85. The highest BCUT2D eigenvalue weighted by molar-refractivity contribution is 7.57. The number of H-pyrrole nitrogens is 1. The third-order valence-electron chi connectivity index (χ3n) is 12.0. The second kappa shape index (κ2) is 19.3. The Morgan fingerprint density at radius 3 is 2.02 bits per heavy atom. The molecule has 1 unspecified atom stereocenters. The minimum Gasteiger partial charge on any atom is -0.497 e. The maximum atomic E-state index is 16.0. The minimum atomic E-state index is -3.53. The summed E-state index contributed by atoms with van der Waals surface area (Å²) in [6.45, 7) is 11.8. The lowest BCUT2D eigenvalue weighted by Crippen LogP contribution is -2.42. The Balaban J connectivity index is 1.34. The number of fused-ring (bicyclic) bond motifs is 1. The summed E-state index contributed by atoms with van der Waals surface area (Å²) < 4.78 is 52.5. The number of rotatable bonds is 17. The number of carbonyl (C=O) groups is 1. The molecule has 0 bridgehead atoms. The van der Waals surface area contributed by atoms with E-state index in [0.29, 0.717) is 11.5 Å². The molecule has 14 nitrogen and oxygen atoms in total. The van der Waals surface area contributed by atoms with E-state index >= 15 is 4.57 Å². The molecule has 1 aliphatic heterocycles. The van der Waals surface area contributed by atoms with Crippen LogP contribution in [0.3, 0.4) is 0 Å². The quantitative estimate of drug-likeness (QED) is 0.0678. The molecule has 4 atom stereocenters. The third kappa shape index (κ3) is 9.12. The van der Waals surface area contributed by atoms with E-state index in [1.807, 2.05) is 78.9 Å². The van der Waals surface area contributed by atoms with Gasteiger partial charge in [-0.3, -0.25) is 29.0 Å². The first-order valence-corrected chi connectivity index (χ1v) is 23.4. The number of carbonyl (C=O) groups excluding carboxylic acids is 1. The molecule has 62 heavy (non-hydrogen) atoms. The van der Waals surface area contributed by atoms with Crippen LogP contribution in [0.2, 0.25) is 0 Å². The van der Waals surface area contributed by atoms with Crippen LogP contribution >= 0.6 is 7.52 Å². The van der Waals surface area contributed by atoms with E-state index < -0.39 is 37.1 Å². The first-order chi connectivity index (χ1) is 29.8. The number of imidazole rings is 1. The zero-order valence-corrected chi connectivity index (χ0v) is 38.0. The fraction of sp³-hybridized carbons (Fsp3) is 0.489. The van der Waals surface area contributed by atoms with E-state index in [1.165, 1.54) is 6.33 Å². The molecule has 3 aromatic carbocycles. The summed E-state index contributed by atoms with van der Waals surface area (Å²) in [6, 6.07) is 25.6. The van der Waals surface area contributed by atoms with Crippen molar-refractivity contribution in [2.75, 3.05) is 26.1 Å². The average molecular weight is 869 g/mol. The summed E-state index contributed by atoms with van der Waals surface area (Å²) in [4.78, 5) is 37.7. The van der Waals surface area contributed by atoms with Crippen molar-refractivity contribution in [3.8, 4) is 11.5 Å². The molecule has 7 rings (SSSR count). The van der Waals surface area contributed by atoms with E-state index in [-0.39, 0.29) is 59.7 Å². The number of hydrogen-bond donors (Lipinski definition) is 2. The van der Waals surface area contributed by atoms with Crippen molar-refractivity contribution in [3.63, 3.8) is 0 Å². The topological polar surface area (TPSA) is 159 Å². The number of hydrogen-bond acceptors (Lipinski definition) is 10. The van der Waals surface area contributed by atoms with Crippen LogP contribution in [-0.4, -0.2) is 80.9 Å². The molecule has 2 aromatic heterocycles. The third-order valence-corrected chi connectivity index (χ3v) is 15.6. The Morgan fingerprint density at radius 2 is 1.47 bits per heavy atom. The van der Waals surface area contributed by atoms with Crippen LogP contribution in [0.15, 0.2) is 90.0 Å². The minimum absolute atomic E-state index is 0.00608. The molecule has 1 saturated carbocycles. The van der Waals surface area contributed by atoms with Gasteiger partial charge in [0.2, 0.25) is 11.9 Å². The summed E-state index contributed by atoms with van der Waals surface area (Å²) in [6.07, 6.45) is 4.24. The predicted molar refractivity (Wildman–Crippen MR) is 240 cm³/mol. The zero-order chi connectivity index (χ0) is 44.2. The van der Waals surface area contributed by atoms with Crippen LogP contribution in [0.1, 0.15) is 103 Å². The molecule has 2 fully saturated rings. The number of ether oxygens (including phenoxy) is 4. The molecule has 15 heteroatoms. The molecule has 5 aromatic rings. The van der Waals surface area contributed by atoms with Gasteiger partial charge in [0.25, 0.3) is 13.1 Å². The molecule has 0 spiro atoms.